The molecule has 1 fully saturated rings. The van der Waals surface area contributed by atoms with Crippen molar-refractivity contribution >= 4 is 11.3 Å². The predicted octanol–water partition coefficient (Wildman–Crippen LogP) is 1.19. The van der Waals surface area contributed by atoms with Gasteiger partial charge in [-0.2, -0.15) is 0 Å². The highest BCUT2D eigenvalue weighted by molar-refractivity contribution is 7.09. The molecule has 2 aromatic rings. The summed E-state index contributed by atoms with van der Waals surface area (Å²) < 4.78 is 7.71. The van der Waals surface area contributed by atoms with Crippen molar-refractivity contribution in [2.45, 2.75) is 26.2 Å². The Morgan fingerprint density at radius 2 is 1.95 bits per heavy atom. The molecule has 4 rings (SSSR count). The normalized spacial score (nSPS) is 20.2. The first-order valence-corrected chi connectivity index (χ1v) is 8.72. The number of hydrogen-bond acceptors (Lipinski definition) is 6. The first-order chi connectivity index (χ1) is 10.9. The molecule has 7 heteroatoms. The van der Waals surface area contributed by atoms with Crippen LogP contribution in [0.2, 0.25) is 0 Å². The Morgan fingerprint density at radius 3 is 2.77 bits per heavy atom. The SMILES string of the molecule is c1csc(CN2CCn3c(CN4CCOCC4)nnc3C2)c1. The van der Waals surface area contributed by atoms with E-state index in [2.05, 4.69) is 42.1 Å². The lowest BCUT2D eigenvalue weighted by atomic mass is 10.3. The van der Waals surface area contributed by atoms with Gasteiger partial charge < -0.3 is 9.30 Å². The zero-order valence-electron chi connectivity index (χ0n) is 12.6. The van der Waals surface area contributed by atoms with Crippen LogP contribution in [-0.2, 0) is 30.9 Å². The molecular formula is C15H21N5OS. The maximum atomic E-state index is 5.41. The third-order valence-corrected chi connectivity index (χ3v) is 5.20. The third-order valence-electron chi connectivity index (χ3n) is 4.34. The Morgan fingerprint density at radius 1 is 1.05 bits per heavy atom. The summed E-state index contributed by atoms with van der Waals surface area (Å²) in [5.41, 5.74) is 0. The van der Waals surface area contributed by atoms with Crippen LogP contribution in [0.3, 0.4) is 0 Å². The van der Waals surface area contributed by atoms with Crippen LogP contribution in [0.4, 0.5) is 0 Å². The average Bonchev–Trinajstić information content (AvgIpc) is 3.19. The Hall–Kier alpha value is -1.28. The van der Waals surface area contributed by atoms with E-state index in [9.17, 15) is 0 Å². The molecule has 0 aromatic carbocycles. The maximum absolute atomic E-state index is 5.41. The van der Waals surface area contributed by atoms with E-state index in [1.807, 2.05) is 11.3 Å². The second-order valence-electron chi connectivity index (χ2n) is 5.86. The van der Waals surface area contributed by atoms with Crippen molar-refractivity contribution in [3.63, 3.8) is 0 Å². The van der Waals surface area contributed by atoms with Crippen molar-refractivity contribution in [2.24, 2.45) is 0 Å². The van der Waals surface area contributed by atoms with Crippen molar-refractivity contribution in [3.8, 4) is 0 Å². The summed E-state index contributed by atoms with van der Waals surface area (Å²) in [6, 6.07) is 4.32. The Balaban J connectivity index is 1.41. The van der Waals surface area contributed by atoms with Gasteiger partial charge in [0.05, 0.1) is 26.3 Å². The van der Waals surface area contributed by atoms with Gasteiger partial charge in [0.1, 0.15) is 11.6 Å². The van der Waals surface area contributed by atoms with Gasteiger partial charge in [-0.05, 0) is 11.4 Å². The zero-order chi connectivity index (χ0) is 14.8. The van der Waals surface area contributed by atoms with Crippen molar-refractivity contribution in [1.29, 1.82) is 0 Å². The topological polar surface area (TPSA) is 46.4 Å². The first-order valence-electron chi connectivity index (χ1n) is 7.84. The summed E-state index contributed by atoms with van der Waals surface area (Å²) in [6.45, 7) is 8.51. The average molecular weight is 319 g/mol. The van der Waals surface area contributed by atoms with Crippen LogP contribution >= 0.6 is 11.3 Å². The molecule has 1 saturated heterocycles. The quantitative estimate of drug-likeness (QED) is 0.847. The molecule has 0 saturated carbocycles. The van der Waals surface area contributed by atoms with Crippen LogP contribution in [0.25, 0.3) is 0 Å². The number of fused-ring (bicyclic) bond motifs is 1. The molecule has 2 aromatic heterocycles. The van der Waals surface area contributed by atoms with Gasteiger partial charge in [-0.25, -0.2) is 0 Å². The summed E-state index contributed by atoms with van der Waals surface area (Å²) in [7, 11) is 0. The Bertz CT molecular complexity index is 605. The number of rotatable bonds is 4. The lowest BCUT2D eigenvalue weighted by Crippen LogP contribution is -2.38. The Labute approximate surface area is 134 Å². The molecular weight excluding hydrogens is 298 g/mol. The summed E-state index contributed by atoms with van der Waals surface area (Å²) in [5.74, 6) is 2.21. The van der Waals surface area contributed by atoms with E-state index < -0.39 is 0 Å². The number of nitrogens with zero attached hydrogens (tertiary/aromatic N) is 5. The van der Waals surface area contributed by atoms with Gasteiger partial charge >= 0.3 is 0 Å². The van der Waals surface area contributed by atoms with Crippen LogP contribution in [-0.4, -0.2) is 57.4 Å². The molecule has 118 valence electrons. The third kappa shape index (κ3) is 3.08. The monoisotopic (exact) mass is 319 g/mol. The summed E-state index contributed by atoms with van der Waals surface area (Å²) in [5, 5.41) is 11.0. The second-order valence-corrected chi connectivity index (χ2v) is 6.89. The van der Waals surface area contributed by atoms with Crippen LogP contribution < -0.4 is 0 Å². The van der Waals surface area contributed by atoms with E-state index in [1.54, 1.807) is 0 Å². The molecule has 2 aliphatic rings. The highest BCUT2D eigenvalue weighted by Crippen LogP contribution is 2.18. The molecule has 6 nitrogen and oxygen atoms in total. The number of morpholine rings is 1. The fraction of sp³-hybridized carbons (Fsp3) is 0.600. The predicted molar refractivity (Wildman–Crippen MR) is 84.6 cm³/mol. The molecule has 0 radical (unpaired) electrons. The molecule has 0 unspecified atom stereocenters. The molecule has 4 heterocycles. The molecule has 0 spiro atoms. The lowest BCUT2D eigenvalue weighted by Gasteiger charge is -2.29. The number of hydrogen-bond donors (Lipinski definition) is 0. The largest absolute Gasteiger partial charge is 0.379 e. The smallest absolute Gasteiger partial charge is 0.147 e. The van der Waals surface area contributed by atoms with Gasteiger partial charge in [-0.1, -0.05) is 6.07 Å². The van der Waals surface area contributed by atoms with Crippen LogP contribution in [0.5, 0.6) is 0 Å². The van der Waals surface area contributed by atoms with E-state index in [-0.39, 0.29) is 0 Å². The van der Waals surface area contributed by atoms with E-state index in [0.29, 0.717) is 0 Å². The van der Waals surface area contributed by atoms with E-state index in [0.717, 1.165) is 70.7 Å². The fourth-order valence-corrected chi connectivity index (χ4v) is 3.85. The molecule has 22 heavy (non-hydrogen) atoms. The van der Waals surface area contributed by atoms with Crippen LogP contribution in [0.15, 0.2) is 17.5 Å². The summed E-state index contributed by atoms with van der Waals surface area (Å²) in [6.07, 6.45) is 0. The summed E-state index contributed by atoms with van der Waals surface area (Å²) in [4.78, 5) is 6.27. The molecule has 0 bridgehead atoms. The van der Waals surface area contributed by atoms with Crippen LogP contribution in [0, 0.1) is 0 Å². The van der Waals surface area contributed by atoms with E-state index in [4.69, 9.17) is 4.74 Å². The fourth-order valence-electron chi connectivity index (χ4n) is 3.10. The molecule has 0 aliphatic carbocycles. The number of thiophene rings is 1. The minimum atomic E-state index is 0.829. The van der Waals surface area contributed by atoms with Crippen molar-refractivity contribution in [3.05, 3.63) is 34.0 Å². The zero-order valence-corrected chi connectivity index (χ0v) is 13.5. The highest BCUT2D eigenvalue weighted by atomic mass is 32.1. The van der Waals surface area contributed by atoms with Crippen molar-refractivity contribution < 1.29 is 4.74 Å². The molecule has 0 N–H and O–H groups in total. The minimum absolute atomic E-state index is 0.829. The molecule has 2 aliphatic heterocycles. The Kier molecular flexibility index (Phi) is 4.20. The minimum Gasteiger partial charge on any atom is -0.379 e. The molecule has 0 amide bonds. The van der Waals surface area contributed by atoms with Gasteiger partial charge in [-0.15, -0.1) is 21.5 Å². The van der Waals surface area contributed by atoms with Crippen LogP contribution in [0.1, 0.15) is 16.5 Å². The molecule has 0 atom stereocenters. The van der Waals surface area contributed by atoms with Gasteiger partial charge in [0, 0.05) is 37.6 Å². The van der Waals surface area contributed by atoms with Crippen molar-refractivity contribution in [1.82, 2.24) is 24.6 Å². The van der Waals surface area contributed by atoms with Gasteiger partial charge in [0.15, 0.2) is 0 Å². The number of aromatic nitrogens is 3. The van der Waals surface area contributed by atoms with Gasteiger partial charge in [-0.3, -0.25) is 9.80 Å². The standard InChI is InChI=1S/C15H21N5OS/c1-2-13(22-9-1)10-19-3-4-20-14(16-17-15(20)12-19)11-18-5-7-21-8-6-18/h1-2,9H,3-8,10-12H2. The number of ether oxygens (including phenoxy) is 1. The van der Waals surface area contributed by atoms with E-state index in [1.165, 1.54) is 4.88 Å². The van der Waals surface area contributed by atoms with Gasteiger partial charge in [0.25, 0.3) is 0 Å². The summed E-state index contributed by atoms with van der Waals surface area (Å²) >= 11 is 1.82. The second kappa shape index (κ2) is 6.45. The van der Waals surface area contributed by atoms with Crippen molar-refractivity contribution in [2.75, 3.05) is 32.8 Å². The lowest BCUT2D eigenvalue weighted by molar-refractivity contribution is 0.0323. The van der Waals surface area contributed by atoms with Gasteiger partial charge in [0.2, 0.25) is 0 Å². The van der Waals surface area contributed by atoms with E-state index >= 15 is 0 Å². The first kappa shape index (κ1) is 14.3. The maximum Gasteiger partial charge on any atom is 0.147 e. The highest BCUT2D eigenvalue weighted by Gasteiger charge is 2.23.